The van der Waals surface area contributed by atoms with Crippen molar-refractivity contribution in [1.29, 1.82) is 0 Å². The van der Waals surface area contributed by atoms with Crippen LogP contribution in [-0.4, -0.2) is 106 Å². The summed E-state index contributed by atoms with van der Waals surface area (Å²) in [4.78, 5) is 55.8. The number of hydrogen-bond acceptors (Lipinski definition) is 11. The molecule has 0 bridgehead atoms. The Morgan fingerprint density at radius 2 is 0.790 bits per heavy atom. The van der Waals surface area contributed by atoms with Crippen molar-refractivity contribution in [3.8, 4) is 0 Å². The number of nitrogens with zero attached hydrogens (tertiary/aromatic N) is 2. The summed E-state index contributed by atoms with van der Waals surface area (Å²) in [5, 5.41) is 0. The van der Waals surface area contributed by atoms with E-state index < -0.39 is 48.5 Å². The van der Waals surface area contributed by atoms with E-state index in [0.29, 0.717) is 25.9 Å². The zero-order chi connectivity index (χ0) is 45.5. The van der Waals surface area contributed by atoms with Crippen LogP contribution in [0.4, 0.5) is 0 Å². The molecule has 0 amide bonds. The molecule has 0 N–H and O–H groups in total. The van der Waals surface area contributed by atoms with Gasteiger partial charge in [-0.1, -0.05) is 141 Å². The summed E-state index contributed by atoms with van der Waals surface area (Å²) < 4.78 is 29.3. The van der Waals surface area contributed by atoms with Crippen LogP contribution in [-0.2, 0) is 42.9 Å². The van der Waals surface area contributed by atoms with Gasteiger partial charge in [-0.15, -0.1) is 0 Å². The lowest BCUT2D eigenvalue weighted by Crippen LogP contribution is -2.43. The molecule has 1 unspecified atom stereocenters. The molecule has 0 radical (unpaired) electrons. The molecular weight excluding hydrogens is 785 g/mol. The molecule has 0 saturated carbocycles. The molecule has 1 aliphatic rings. The number of unbranched alkanes of at least 4 members (excludes halogenated alkanes) is 22. The van der Waals surface area contributed by atoms with Crippen LogP contribution in [0.15, 0.2) is 24.3 Å². The summed E-state index contributed by atoms with van der Waals surface area (Å²) in [5.41, 5.74) is 0. The van der Waals surface area contributed by atoms with Gasteiger partial charge in [0.2, 0.25) is 12.4 Å². The van der Waals surface area contributed by atoms with Crippen LogP contribution in [0.25, 0.3) is 0 Å². The Kier molecular flexibility index (Phi) is 36.8. The van der Waals surface area contributed by atoms with E-state index in [0.717, 1.165) is 77.0 Å². The van der Waals surface area contributed by atoms with Crippen LogP contribution in [0.1, 0.15) is 206 Å². The first-order chi connectivity index (χ1) is 30.1. The minimum Gasteiger partial charge on any atom is -0.463 e. The van der Waals surface area contributed by atoms with Gasteiger partial charge in [0.1, 0.15) is 12.7 Å². The van der Waals surface area contributed by atoms with Crippen molar-refractivity contribution in [2.24, 2.45) is 0 Å². The van der Waals surface area contributed by atoms with Gasteiger partial charge in [0.15, 0.2) is 6.10 Å². The third-order valence-corrected chi connectivity index (χ3v) is 11.3. The Morgan fingerprint density at radius 3 is 1.21 bits per heavy atom. The predicted molar refractivity (Wildman–Crippen MR) is 251 cm³/mol. The molecule has 11 heteroatoms. The van der Waals surface area contributed by atoms with Crippen molar-refractivity contribution < 1.29 is 42.9 Å². The second-order valence-electron chi connectivity index (χ2n) is 17.9. The van der Waals surface area contributed by atoms with Crippen LogP contribution >= 0.6 is 0 Å². The predicted octanol–water partition coefficient (Wildman–Crippen LogP) is 11.6. The van der Waals surface area contributed by atoms with E-state index in [2.05, 4.69) is 38.2 Å². The highest BCUT2D eigenvalue weighted by atomic mass is 16.8. The standard InChI is InChI=1S/C51H92N2O9/c1-7-9-11-13-15-17-19-21-23-25-27-29-31-33-35-37-46(55)60-49-44(43-58-45(54)39-41-52(3)4)59-51(62-48(57)40-42-53(5)6)50(49)61-47(56)38-36-34-32-30-28-26-24-22-20-18-16-14-12-10-8-2/h21-24,44,49-51H,7-20,25-43H2,1-6H3/b23-21-,24-22-/t44-,49?,50+,51+/m1/s1. The zero-order valence-electron chi connectivity index (χ0n) is 40.5. The molecule has 0 spiro atoms. The molecule has 62 heavy (non-hydrogen) atoms. The average Bonchev–Trinajstić information content (AvgIpc) is 3.54. The van der Waals surface area contributed by atoms with Gasteiger partial charge in [0, 0.05) is 25.9 Å². The van der Waals surface area contributed by atoms with Crippen molar-refractivity contribution in [3.05, 3.63) is 24.3 Å². The Labute approximate surface area is 378 Å². The van der Waals surface area contributed by atoms with Crippen LogP contribution < -0.4 is 0 Å². The highest BCUT2D eigenvalue weighted by Crippen LogP contribution is 2.30. The Hall–Kier alpha value is -2.76. The molecule has 0 aromatic carbocycles. The average molecular weight is 877 g/mol. The SMILES string of the molecule is CCCCCCCC/C=C\CCCCCCCC(=O)OC1[C@@H](COC(=O)CCN(C)C)O[C@@H](OC(=O)CCN(C)C)[C@H]1OC(=O)CCCCCCC/C=C\CCCCCCCC. The van der Waals surface area contributed by atoms with Gasteiger partial charge in [0.25, 0.3) is 0 Å². The zero-order valence-corrected chi connectivity index (χ0v) is 40.5. The Balaban J connectivity index is 2.72. The molecule has 4 atom stereocenters. The fourth-order valence-electron chi connectivity index (χ4n) is 7.36. The molecule has 1 heterocycles. The number of esters is 4. The number of allylic oxidation sites excluding steroid dienone is 4. The van der Waals surface area contributed by atoms with Crippen molar-refractivity contribution in [2.75, 3.05) is 47.9 Å². The molecule has 1 aliphatic heterocycles. The molecule has 0 aliphatic carbocycles. The number of rotatable bonds is 41. The third kappa shape index (κ3) is 32.8. The highest BCUT2D eigenvalue weighted by molar-refractivity contribution is 5.72. The van der Waals surface area contributed by atoms with Gasteiger partial charge >= 0.3 is 23.9 Å². The topological polar surface area (TPSA) is 121 Å². The molecule has 1 rings (SSSR count). The number of ether oxygens (including phenoxy) is 5. The van der Waals surface area contributed by atoms with Crippen molar-refractivity contribution in [2.45, 2.75) is 231 Å². The van der Waals surface area contributed by atoms with Gasteiger partial charge in [-0.05, 0) is 92.4 Å². The van der Waals surface area contributed by atoms with Crippen LogP contribution in [0, 0.1) is 0 Å². The molecule has 0 aromatic heterocycles. The molecule has 0 aromatic rings. The molecular formula is C51H92N2O9. The normalized spacial score (nSPS) is 17.7. The number of hydrogen-bond donors (Lipinski definition) is 0. The highest BCUT2D eigenvalue weighted by Gasteiger charge is 2.52. The van der Waals surface area contributed by atoms with Gasteiger partial charge in [-0.25, -0.2) is 0 Å². The van der Waals surface area contributed by atoms with Crippen molar-refractivity contribution >= 4 is 23.9 Å². The van der Waals surface area contributed by atoms with E-state index in [1.807, 2.05) is 38.0 Å². The van der Waals surface area contributed by atoms with Crippen LogP contribution in [0.2, 0.25) is 0 Å². The molecule has 1 saturated heterocycles. The van der Waals surface area contributed by atoms with Gasteiger partial charge in [-0.3, -0.25) is 19.2 Å². The van der Waals surface area contributed by atoms with Gasteiger partial charge in [0.05, 0.1) is 12.8 Å². The summed E-state index contributed by atoms with van der Waals surface area (Å²) in [6.07, 6.45) is 35.2. The summed E-state index contributed by atoms with van der Waals surface area (Å²) in [6.45, 7) is 5.21. The summed E-state index contributed by atoms with van der Waals surface area (Å²) in [7, 11) is 7.44. The Morgan fingerprint density at radius 1 is 0.435 bits per heavy atom. The summed E-state index contributed by atoms with van der Waals surface area (Å²) in [6, 6.07) is 0. The van der Waals surface area contributed by atoms with Crippen LogP contribution in [0.5, 0.6) is 0 Å². The summed E-state index contributed by atoms with van der Waals surface area (Å²) >= 11 is 0. The smallest absolute Gasteiger partial charge is 0.309 e. The monoisotopic (exact) mass is 877 g/mol. The summed E-state index contributed by atoms with van der Waals surface area (Å²) in [5.74, 6) is -1.92. The minimum absolute atomic E-state index is 0.0898. The first-order valence-corrected chi connectivity index (χ1v) is 25.1. The van der Waals surface area contributed by atoms with E-state index in [1.165, 1.54) is 77.0 Å². The molecule has 11 nitrogen and oxygen atoms in total. The molecule has 1 fully saturated rings. The second-order valence-corrected chi connectivity index (χ2v) is 17.9. The van der Waals surface area contributed by atoms with E-state index in [-0.39, 0.29) is 32.3 Å². The van der Waals surface area contributed by atoms with Gasteiger partial charge < -0.3 is 33.5 Å². The van der Waals surface area contributed by atoms with E-state index in [4.69, 9.17) is 23.7 Å². The van der Waals surface area contributed by atoms with E-state index in [9.17, 15) is 19.2 Å². The van der Waals surface area contributed by atoms with E-state index >= 15 is 0 Å². The second kappa shape index (κ2) is 39.8. The lowest BCUT2D eigenvalue weighted by molar-refractivity contribution is -0.200. The number of carbonyl (C=O) groups is 4. The lowest BCUT2D eigenvalue weighted by atomic mass is 10.1. The quantitative estimate of drug-likeness (QED) is 0.0253. The minimum atomic E-state index is -1.31. The van der Waals surface area contributed by atoms with Crippen molar-refractivity contribution in [1.82, 2.24) is 9.80 Å². The first kappa shape index (κ1) is 57.3. The Bertz CT molecular complexity index is 1190. The van der Waals surface area contributed by atoms with Crippen molar-refractivity contribution in [3.63, 3.8) is 0 Å². The fourth-order valence-corrected chi connectivity index (χ4v) is 7.36. The fraction of sp³-hybridized carbons (Fsp3) is 0.843. The lowest BCUT2D eigenvalue weighted by Gasteiger charge is -2.24. The van der Waals surface area contributed by atoms with Gasteiger partial charge in [-0.2, -0.15) is 0 Å². The largest absolute Gasteiger partial charge is 0.463 e. The maximum Gasteiger partial charge on any atom is 0.309 e. The first-order valence-electron chi connectivity index (χ1n) is 25.1. The van der Waals surface area contributed by atoms with Crippen LogP contribution in [0.3, 0.4) is 0 Å². The van der Waals surface area contributed by atoms with E-state index in [1.54, 1.807) is 0 Å². The maximum absolute atomic E-state index is 13.3. The molecule has 360 valence electrons. The third-order valence-electron chi connectivity index (χ3n) is 11.3. The number of carbonyl (C=O) groups excluding carboxylic acids is 4. The maximum atomic E-state index is 13.3.